The van der Waals surface area contributed by atoms with Crippen molar-refractivity contribution >= 4 is 17.6 Å². The number of hydrogen-bond donors (Lipinski definition) is 2. The minimum atomic E-state index is -0.389. The van der Waals surface area contributed by atoms with E-state index in [-0.39, 0.29) is 36.6 Å². The predicted octanol–water partition coefficient (Wildman–Crippen LogP) is 6.54. The van der Waals surface area contributed by atoms with Crippen LogP contribution in [0.25, 0.3) is 22.3 Å². The summed E-state index contributed by atoms with van der Waals surface area (Å²) >= 11 is 0. The molecule has 0 fully saturated rings. The molecule has 0 saturated heterocycles. The maximum Gasteiger partial charge on any atom is 0.321 e. The summed E-state index contributed by atoms with van der Waals surface area (Å²) in [7, 11) is 1.75. The van der Waals surface area contributed by atoms with Crippen molar-refractivity contribution in [3.8, 4) is 22.3 Å². The van der Waals surface area contributed by atoms with Crippen molar-refractivity contribution in [3.63, 3.8) is 0 Å². The van der Waals surface area contributed by atoms with Crippen molar-refractivity contribution in [2.45, 2.75) is 32.6 Å². The fourth-order valence-electron chi connectivity index (χ4n) is 5.50. The van der Waals surface area contributed by atoms with E-state index in [0.717, 1.165) is 27.8 Å². The molecule has 1 heterocycles. The summed E-state index contributed by atoms with van der Waals surface area (Å²) in [4.78, 5) is 30.6. The molecule has 7 heteroatoms. The van der Waals surface area contributed by atoms with Crippen LogP contribution in [0.5, 0.6) is 0 Å². The lowest BCUT2D eigenvalue weighted by molar-refractivity contribution is -0.0178. The molecule has 0 spiro atoms. The number of fused-ring (bicyclic) bond motifs is 3. The van der Waals surface area contributed by atoms with Gasteiger partial charge in [-0.2, -0.15) is 0 Å². The van der Waals surface area contributed by atoms with Gasteiger partial charge in [0, 0.05) is 37.3 Å². The Balaban J connectivity index is 1.36. The van der Waals surface area contributed by atoms with Gasteiger partial charge in [0.25, 0.3) is 5.91 Å². The SMILES string of the molecule is C[C@@H]1CN([C@@H](C)CO)C(=O)c2ccccc2-c2ccccc2CO[C@H]1CN(C)C(=O)Nc1ccc(-c2ccccc2)cc1. The summed E-state index contributed by atoms with van der Waals surface area (Å²) in [5.74, 6) is -0.264. The van der Waals surface area contributed by atoms with Crippen LogP contribution in [0.1, 0.15) is 29.8 Å². The summed E-state index contributed by atoms with van der Waals surface area (Å²) in [6.07, 6.45) is -0.369. The van der Waals surface area contributed by atoms with Gasteiger partial charge >= 0.3 is 6.03 Å². The first kappa shape index (κ1) is 30.0. The van der Waals surface area contributed by atoms with Crippen LogP contribution in [0.4, 0.5) is 10.5 Å². The topological polar surface area (TPSA) is 82.1 Å². The molecular formula is C36H39N3O4. The van der Waals surface area contributed by atoms with Gasteiger partial charge in [-0.3, -0.25) is 4.79 Å². The van der Waals surface area contributed by atoms with Gasteiger partial charge in [0.1, 0.15) is 0 Å². The molecular weight excluding hydrogens is 538 g/mol. The summed E-state index contributed by atoms with van der Waals surface area (Å²) in [6.45, 7) is 4.73. The number of nitrogens with one attached hydrogen (secondary N) is 1. The Labute approximate surface area is 253 Å². The van der Waals surface area contributed by atoms with E-state index < -0.39 is 0 Å². The van der Waals surface area contributed by atoms with Crippen molar-refractivity contribution in [2.75, 3.05) is 32.1 Å². The predicted molar refractivity (Wildman–Crippen MR) is 171 cm³/mol. The molecule has 7 nitrogen and oxygen atoms in total. The first-order valence-electron chi connectivity index (χ1n) is 14.7. The van der Waals surface area contributed by atoms with E-state index in [1.165, 1.54) is 0 Å². The molecule has 5 rings (SSSR count). The quantitative estimate of drug-likeness (QED) is 0.273. The molecule has 3 atom stereocenters. The van der Waals surface area contributed by atoms with E-state index >= 15 is 0 Å². The third-order valence-corrected chi connectivity index (χ3v) is 8.14. The summed E-state index contributed by atoms with van der Waals surface area (Å²) in [5.41, 5.74) is 6.22. The highest BCUT2D eigenvalue weighted by Gasteiger charge is 2.31. The number of aliphatic hydroxyl groups is 1. The number of ether oxygens (including phenoxy) is 1. The zero-order valence-electron chi connectivity index (χ0n) is 24.9. The fraction of sp³-hybridized carbons (Fsp3) is 0.278. The average molecular weight is 578 g/mol. The van der Waals surface area contributed by atoms with Gasteiger partial charge in [0.15, 0.2) is 0 Å². The molecule has 0 saturated carbocycles. The second-order valence-electron chi connectivity index (χ2n) is 11.3. The largest absolute Gasteiger partial charge is 0.394 e. The fourth-order valence-corrected chi connectivity index (χ4v) is 5.50. The zero-order valence-corrected chi connectivity index (χ0v) is 24.9. The third-order valence-electron chi connectivity index (χ3n) is 8.14. The van der Waals surface area contributed by atoms with Crippen LogP contribution >= 0.6 is 0 Å². The molecule has 2 N–H and O–H groups in total. The van der Waals surface area contributed by atoms with Crippen LogP contribution in [-0.4, -0.2) is 65.7 Å². The number of amides is 3. The number of rotatable bonds is 6. The number of carbonyl (C=O) groups is 2. The average Bonchev–Trinajstić information content (AvgIpc) is 3.06. The number of nitrogens with zero attached hydrogens (tertiary/aromatic N) is 2. The zero-order chi connectivity index (χ0) is 30.3. The van der Waals surface area contributed by atoms with E-state index in [4.69, 9.17) is 4.74 Å². The van der Waals surface area contributed by atoms with Crippen molar-refractivity contribution in [1.29, 1.82) is 0 Å². The molecule has 0 aromatic heterocycles. The number of hydrogen-bond acceptors (Lipinski definition) is 4. The number of urea groups is 1. The molecule has 3 amide bonds. The Kier molecular flexibility index (Phi) is 9.55. The Hall–Kier alpha value is -4.46. The molecule has 0 radical (unpaired) electrons. The van der Waals surface area contributed by atoms with Crippen molar-refractivity contribution in [1.82, 2.24) is 9.80 Å². The molecule has 0 bridgehead atoms. The molecule has 4 aromatic carbocycles. The maximum absolute atomic E-state index is 14.0. The Morgan fingerprint density at radius 1 is 0.907 bits per heavy atom. The third kappa shape index (κ3) is 6.96. The lowest BCUT2D eigenvalue weighted by Crippen LogP contribution is -2.48. The monoisotopic (exact) mass is 577 g/mol. The van der Waals surface area contributed by atoms with E-state index in [0.29, 0.717) is 30.9 Å². The second kappa shape index (κ2) is 13.7. The first-order chi connectivity index (χ1) is 20.9. The maximum atomic E-state index is 14.0. The molecule has 1 aliphatic heterocycles. The van der Waals surface area contributed by atoms with Crippen LogP contribution in [-0.2, 0) is 11.3 Å². The highest BCUT2D eigenvalue weighted by Crippen LogP contribution is 2.31. The van der Waals surface area contributed by atoms with Crippen molar-refractivity contribution in [3.05, 3.63) is 114 Å². The van der Waals surface area contributed by atoms with Gasteiger partial charge in [-0.25, -0.2) is 4.79 Å². The highest BCUT2D eigenvalue weighted by atomic mass is 16.5. The smallest absolute Gasteiger partial charge is 0.321 e. The van der Waals surface area contributed by atoms with E-state index in [1.54, 1.807) is 16.8 Å². The molecule has 1 aliphatic rings. The Bertz CT molecular complexity index is 1540. The number of carbonyl (C=O) groups excluding carboxylic acids is 2. The van der Waals surface area contributed by atoms with Gasteiger partial charge < -0.3 is 25.0 Å². The summed E-state index contributed by atoms with van der Waals surface area (Å²) < 4.78 is 6.54. The minimum absolute atomic E-state index is 0.129. The van der Waals surface area contributed by atoms with Crippen LogP contribution in [0.15, 0.2) is 103 Å². The van der Waals surface area contributed by atoms with Crippen LogP contribution in [0, 0.1) is 5.92 Å². The van der Waals surface area contributed by atoms with Gasteiger partial charge in [-0.05, 0) is 52.9 Å². The summed E-state index contributed by atoms with van der Waals surface area (Å²) in [5, 5.41) is 13.0. The minimum Gasteiger partial charge on any atom is -0.394 e. The number of benzene rings is 4. The number of anilines is 1. The lowest BCUT2D eigenvalue weighted by Gasteiger charge is -2.35. The molecule has 222 valence electrons. The van der Waals surface area contributed by atoms with Crippen LogP contribution in [0.2, 0.25) is 0 Å². The molecule has 0 aliphatic carbocycles. The van der Waals surface area contributed by atoms with E-state index in [9.17, 15) is 14.7 Å². The molecule has 43 heavy (non-hydrogen) atoms. The Morgan fingerprint density at radius 3 is 2.21 bits per heavy atom. The Morgan fingerprint density at radius 2 is 1.51 bits per heavy atom. The highest BCUT2D eigenvalue weighted by molar-refractivity contribution is 6.01. The van der Waals surface area contributed by atoms with Gasteiger partial charge in [-0.15, -0.1) is 0 Å². The summed E-state index contributed by atoms with van der Waals surface area (Å²) in [6, 6.07) is 32.8. The van der Waals surface area contributed by atoms with Crippen LogP contribution < -0.4 is 5.32 Å². The number of likely N-dealkylation sites (N-methyl/N-ethyl adjacent to an activating group) is 1. The van der Waals surface area contributed by atoms with Gasteiger partial charge in [-0.1, -0.05) is 91.9 Å². The van der Waals surface area contributed by atoms with E-state index in [1.807, 2.05) is 105 Å². The molecule has 4 aromatic rings. The van der Waals surface area contributed by atoms with E-state index in [2.05, 4.69) is 17.4 Å². The lowest BCUT2D eigenvalue weighted by atomic mass is 9.94. The normalized spacial score (nSPS) is 17.7. The van der Waals surface area contributed by atoms with Gasteiger partial charge in [0.2, 0.25) is 0 Å². The van der Waals surface area contributed by atoms with Crippen molar-refractivity contribution in [2.24, 2.45) is 5.92 Å². The standard InChI is InChI=1S/C36H39N3O4/c1-25-21-39(26(2)23-40)35(41)33-16-10-9-15-32(33)31-14-8-7-13-29(31)24-43-34(25)22-38(3)36(42)37-30-19-17-28(18-20-30)27-11-5-4-6-12-27/h4-20,25-26,34,40H,21-24H2,1-3H3,(H,37,42)/t25-,26+,34+/m1/s1. The van der Waals surface area contributed by atoms with Crippen LogP contribution in [0.3, 0.4) is 0 Å². The second-order valence-corrected chi connectivity index (χ2v) is 11.3. The van der Waals surface area contributed by atoms with Crippen molar-refractivity contribution < 1.29 is 19.4 Å². The van der Waals surface area contributed by atoms with Gasteiger partial charge in [0.05, 0.1) is 25.4 Å². The molecule has 0 unspecified atom stereocenters. The first-order valence-corrected chi connectivity index (χ1v) is 14.7. The number of aliphatic hydroxyl groups excluding tert-OH is 1.